The van der Waals surface area contributed by atoms with Crippen LogP contribution in [0.4, 0.5) is 18.9 Å². The fourth-order valence-electron chi connectivity index (χ4n) is 3.30. The molecule has 0 aliphatic carbocycles. The maximum atomic E-state index is 13.1. The van der Waals surface area contributed by atoms with Gasteiger partial charge in [-0.3, -0.25) is 14.6 Å². The Balaban J connectivity index is 2.00. The van der Waals surface area contributed by atoms with Crippen LogP contribution in [0, 0.1) is 0 Å². The molecule has 0 spiro atoms. The zero-order valence-corrected chi connectivity index (χ0v) is 15.9. The molecule has 0 radical (unpaired) electrons. The first-order valence-corrected chi connectivity index (χ1v) is 9.49. The molecule has 29 heavy (non-hydrogen) atoms. The number of alkyl halides is 3. The average molecular weight is 402 g/mol. The van der Waals surface area contributed by atoms with Crippen molar-refractivity contribution >= 4 is 23.7 Å². The predicted octanol–water partition coefficient (Wildman–Crippen LogP) is 5.24. The molecule has 2 amide bonds. The summed E-state index contributed by atoms with van der Waals surface area (Å²) >= 11 is 0. The Labute approximate surface area is 167 Å². The minimum atomic E-state index is -4.57. The van der Waals surface area contributed by atoms with Gasteiger partial charge < -0.3 is 0 Å². The number of fused-ring (bicyclic) bond motifs is 1. The van der Waals surface area contributed by atoms with E-state index in [9.17, 15) is 22.8 Å². The maximum absolute atomic E-state index is 13.1. The second-order valence-electron chi connectivity index (χ2n) is 6.85. The number of unbranched alkanes of at least 4 members (excludes halogenated alkanes) is 2. The van der Waals surface area contributed by atoms with E-state index in [1.807, 2.05) is 0 Å². The van der Waals surface area contributed by atoms with Gasteiger partial charge in [0, 0.05) is 18.3 Å². The maximum Gasteiger partial charge on any atom is 0.416 e. The Hall–Kier alpha value is -2.96. The van der Waals surface area contributed by atoms with Crippen molar-refractivity contribution < 1.29 is 22.8 Å². The van der Waals surface area contributed by atoms with Gasteiger partial charge in [0.05, 0.1) is 17.2 Å². The van der Waals surface area contributed by atoms with E-state index in [0.717, 1.165) is 36.3 Å². The zero-order chi connectivity index (χ0) is 21.0. The highest BCUT2D eigenvalue weighted by Gasteiger charge is 2.39. The number of hydrogen-bond donors (Lipinski definition) is 0. The molecule has 4 nitrogen and oxygen atoms in total. The minimum absolute atomic E-state index is 0.103. The summed E-state index contributed by atoms with van der Waals surface area (Å²) in [6, 6.07) is 10.9. The molecule has 0 saturated heterocycles. The lowest BCUT2D eigenvalue weighted by atomic mass is 9.88. The number of carbonyl (C=O) groups excluding carboxylic acids is 2. The van der Waals surface area contributed by atoms with Crippen LogP contribution in [0.3, 0.4) is 0 Å². The SMILES string of the molecule is CCCCCN=CC1C(=O)N(c2cccc(C(F)(F)F)c2)C(=O)c2ccccc21. The molecule has 0 N–H and O–H groups in total. The van der Waals surface area contributed by atoms with Gasteiger partial charge in [0.15, 0.2) is 0 Å². The van der Waals surface area contributed by atoms with Crippen LogP contribution in [-0.4, -0.2) is 24.6 Å². The molecule has 152 valence electrons. The summed E-state index contributed by atoms with van der Waals surface area (Å²) < 4.78 is 39.3. The molecule has 0 fully saturated rings. The molecular weight excluding hydrogens is 381 g/mol. The molecule has 2 aromatic carbocycles. The normalized spacial score (nSPS) is 17.1. The van der Waals surface area contributed by atoms with Crippen molar-refractivity contribution in [1.29, 1.82) is 0 Å². The second-order valence-corrected chi connectivity index (χ2v) is 6.85. The number of rotatable bonds is 6. The van der Waals surface area contributed by atoms with Crippen molar-refractivity contribution in [3.63, 3.8) is 0 Å². The van der Waals surface area contributed by atoms with Gasteiger partial charge in [-0.2, -0.15) is 13.2 Å². The molecule has 0 saturated carbocycles. The number of benzene rings is 2. The van der Waals surface area contributed by atoms with Gasteiger partial charge in [-0.25, -0.2) is 4.90 Å². The van der Waals surface area contributed by atoms with Crippen molar-refractivity contribution in [1.82, 2.24) is 0 Å². The van der Waals surface area contributed by atoms with Crippen LogP contribution in [0.15, 0.2) is 53.5 Å². The number of amides is 2. The molecule has 1 aliphatic rings. The third kappa shape index (κ3) is 4.39. The van der Waals surface area contributed by atoms with E-state index < -0.39 is 29.5 Å². The number of carbonyl (C=O) groups is 2. The standard InChI is InChI=1S/C22H21F3N2O2/c1-2-3-6-12-26-14-19-17-10-4-5-11-18(17)20(28)27(21(19)29)16-9-7-8-15(13-16)22(23,24)25/h4-5,7-11,13-14,19H,2-3,6,12H2,1H3. The lowest BCUT2D eigenvalue weighted by molar-refractivity contribution is -0.137. The van der Waals surface area contributed by atoms with Crippen LogP contribution in [0.5, 0.6) is 0 Å². The quantitative estimate of drug-likeness (QED) is 0.377. The van der Waals surface area contributed by atoms with Crippen LogP contribution in [0.2, 0.25) is 0 Å². The van der Waals surface area contributed by atoms with Gasteiger partial charge in [0.2, 0.25) is 5.91 Å². The van der Waals surface area contributed by atoms with Crippen LogP contribution in [-0.2, 0) is 11.0 Å². The fourth-order valence-corrected chi connectivity index (χ4v) is 3.30. The highest BCUT2D eigenvalue weighted by Crippen LogP contribution is 2.35. The fraction of sp³-hybridized carbons (Fsp3) is 0.318. The highest BCUT2D eigenvalue weighted by molar-refractivity contribution is 6.29. The Morgan fingerprint density at radius 3 is 2.55 bits per heavy atom. The van der Waals surface area contributed by atoms with Crippen LogP contribution in [0.25, 0.3) is 0 Å². The third-order valence-electron chi connectivity index (χ3n) is 4.79. The average Bonchev–Trinajstić information content (AvgIpc) is 2.70. The molecular formula is C22H21F3N2O2. The molecule has 3 rings (SSSR count). The Kier molecular flexibility index (Phi) is 6.15. The molecule has 1 atom stereocenters. The molecule has 2 aromatic rings. The molecule has 0 bridgehead atoms. The smallest absolute Gasteiger partial charge is 0.296 e. The Bertz CT molecular complexity index is 938. The van der Waals surface area contributed by atoms with Gasteiger partial charge in [-0.05, 0) is 36.2 Å². The van der Waals surface area contributed by atoms with Gasteiger partial charge in [0.25, 0.3) is 5.91 Å². The van der Waals surface area contributed by atoms with Crippen LogP contribution in [0.1, 0.15) is 53.6 Å². The molecule has 0 aromatic heterocycles. The number of imide groups is 1. The Morgan fingerprint density at radius 1 is 1.07 bits per heavy atom. The van der Waals surface area contributed by atoms with Crippen molar-refractivity contribution in [2.24, 2.45) is 4.99 Å². The summed E-state index contributed by atoms with van der Waals surface area (Å²) in [6.07, 6.45) is -0.133. The molecule has 7 heteroatoms. The van der Waals surface area contributed by atoms with Gasteiger partial charge >= 0.3 is 6.18 Å². The summed E-state index contributed by atoms with van der Waals surface area (Å²) in [7, 11) is 0. The molecule has 1 aliphatic heterocycles. The minimum Gasteiger partial charge on any atom is -0.296 e. The van der Waals surface area contributed by atoms with Crippen molar-refractivity contribution in [3.8, 4) is 0 Å². The van der Waals surface area contributed by atoms with E-state index in [4.69, 9.17) is 0 Å². The van der Waals surface area contributed by atoms with E-state index in [0.29, 0.717) is 12.1 Å². The van der Waals surface area contributed by atoms with Crippen LogP contribution >= 0.6 is 0 Å². The second kappa shape index (κ2) is 8.59. The largest absolute Gasteiger partial charge is 0.416 e. The third-order valence-corrected chi connectivity index (χ3v) is 4.79. The van der Waals surface area contributed by atoms with Crippen molar-refractivity contribution in [2.75, 3.05) is 11.4 Å². The Morgan fingerprint density at radius 2 is 1.83 bits per heavy atom. The van der Waals surface area contributed by atoms with Gasteiger partial charge in [-0.15, -0.1) is 0 Å². The van der Waals surface area contributed by atoms with E-state index >= 15 is 0 Å². The summed E-state index contributed by atoms with van der Waals surface area (Å²) in [5.41, 5.74) is -0.215. The first-order valence-electron chi connectivity index (χ1n) is 9.49. The van der Waals surface area contributed by atoms with Gasteiger partial charge in [0.1, 0.15) is 0 Å². The summed E-state index contributed by atoms with van der Waals surface area (Å²) in [4.78, 5) is 31.2. The van der Waals surface area contributed by atoms with Crippen LogP contribution < -0.4 is 4.90 Å². The van der Waals surface area contributed by atoms with E-state index in [2.05, 4.69) is 11.9 Å². The summed E-state index contributed by atoms with van der Waals surface area (Å²) in [5, 5.41) is 0. The zero-order valence-electron chi connectivity index (χ0n) is 15.9. The first kappa shape index (κ1) is 20.8. The molecule has 1 heterocycles. The first-order chi connectivity index (χ1) is 13.8. The lowest BCUT2D eigenvalue weighted by Crippen LogP contribution is -2.45. The highest BCUT2D eigenvalue weighted by atomic mass is 19.4. The molecule has 1 unspecified atom stereocenters. The number of nitrogens with zero attached hydrogens (tertiary/aromatic N) is 2. The van der Waals surface area contributed by atoms with E-state index in [-0.39, 0.29) is 11.3 Å². The predicted molar refractivity (Wildman–Crippen MR) is 105 cm³/mol. The lowest BCUT2D eigenvalue weighted by Gasteiger charge is -2.31. The van der Waals surface area contributed by atoms with Crippen molar-refractivity contribution in [3.05, 3.63) is 65.2 Å². The monoisotopic (exact) mass is 402 g/mol. The number of aliphatic imine (C=N–C) groups is 1. The van der Waals surface area contributed by atoms with Crippen molar-refractivity contribution in [2.45, 2.75) is 38.3 Å². The van der Waals surface area contributed by atoms with E-state index in [1.54, 1.807) is 24.3 Å². The van der Waals surface area contributed by atoms with E-state index in [1.165, 1.54) is 18.3 Å². The number of hydrogen-bond acceptors (Lipinski definition) is 3. The van der Waals surface area contributed by atoms with Gasteiger partial charge in [-0.1, -0.05) is 44.0 Å². The topological polar surface area (TPSA) is 49.7 Å². The number of anilines is 1. The number of halogens is 3. The summed E-state index contributed by atoms with van der Waals surface area (Å²) in [6.45, 7) is 2.63. The summed E-state index contributed by atoms with van der Waals surface area (Å²) in [5.74, 6) is -2.06.